The van der Waals surface area contributed by atoms with E-state index in [0.717, 1.165) is 18.1 Å². The van der Waals surface area contributed by atoms with Gasteiger partial charge in [0.15, 0.2) is 0 Å². The van der Waals surface area contributed by atoms with Crippen molar-refractivity contribution in [2.75, 3.05) is 7.05 Å². The normalized spacial score (nSPS) is 26.7. The van der Waals surface area contributed by atoms with Gasteiger partial charge < -0.3 is 10.1 Å². The summed E-state index contributed by atoms with van der Waals surface area (Å²) < 4.78 is 6.43. The predicted molar refractivity (Wildman–Crippen MR) is 90.0 cm³/mol. The third-order valence-corrected chi connectivity index (χ3v) is 5.01. The van der Waals surface area contributed by atoms with Crippen LogP contribution in [0.3, 0.4) is 0 Å². The number of likely N-dealkylation sites (N-methyl/N-ethyl adjacent to an activating group) is 1. The zero-order valence-corrected chi connectivity index (χ0v) is 14.5. The third kappa shape index (κ3) is 4.00. The minimum absolute atomic E-state index is 0.272. The van der Waals surface area contributed by atoms with E-state index >= 15 is 0 Å². The number of ether oxygens (including phenoxy) is 1. The van der Waals surface area contributed by atoms with Crippen molar-refractivity contribution in [2.24, 2.45) is 11.3 Å². The van der Waals surface area contributed by atoms with Crippen LogP contribution in [-0.2, 0) is 0 Å². The SMILES string of the molecule is CNC1CCC(C(C)(C)C)CC1Oc1cc(C)ccc1C. The van der Waals surface area contributed by atoms with Gasteiger partial charge in [0.25, 0.3) is 0 Å². The lowest BCUT2D eigenvalue weighted by molar-refractivity contribution is 0.0491. The summed E-state index contributed by atoms with van der Waals surface area (Å²) in [6.45, 7) is 11.3. The van der Waals surface area contributed by atoms with Crippen LogP contribution in [0.5, 0.6) is 5.75 Å². The molecule has 3 unspecified atom stereocenters. The van der Waals surface area contributed by atoms with Crippen LogP contribution in [0.25, 0.3) is 0 Å². The maximum absolute atomic E-state index is 6.43. The fourth-order valence-corrected chi connectivity index (χ4v) is 3.37. The van der Waals surface area contributed by atoms with Crippen molar-refractivity contribution in [2.45, 2.75) is 66.0 Å². The van der Waals surface area contributed by atoms with Crippen LogP contribution in [-0.4, -0.2) is 19.2 Å². The van der Waals surface area contributed by atoms with Gasteiger partial charge in [-0.2, -0.15) is 0 Å². The molecule has 2 nitrogen and oxygen atoms in total. The molecule has 0 spiro atoms. The minimum Gasteiger partial charge on any atom is -0.489 e. The first-order valence-corrected chi connectivity index (χ1v) is 8.22. The zero-order chi connectivity index (χ0) is 15.6. The van der Waals surface area contributed by atoms with E-state index in [1.54, 1.807) is 0 Å². The molecule has 0 saturated heterocycles. The second-order valence-corrected chi connectivity index (χ2v) is 7.70. The van der Waals surface area contributed by atoms with Gasteiger partial charge in [-0.1, -0.05) is 32.9 Å². The molecule has 1 aromatic rings. The van der Waals surface area contributed by atoms with E-state index in [0.29, 0.717) is 11.5 Å². The maximum Gasteiger partial charge on any atom is 0.122 e. The van der Waals surface area contributed by atoms with Crippen molar-refractivity contribution < 1.29 is 4.74 Å². The lowest BCUT2D eigenvalue weighted by Crippen LogP contribution is -2.47. The van der Waals surface area contributed by atoms with Crippen LogP contribution < -0.4 is 10.1 Å². The number of hydrogen-bond acceptors (Lipinski definition) is 2. The smallest absolute Gasteiger partial charge is 0.122 e. The summed E-state index contributed by atoms with van der Waals surface area (Å²) in [6.07, 6.45) is 3.91. The van der Waals surface area contributed by atoms with Crippen molar-refractivity contribution >= 4 is 0 Å². The highest BCUT2D eigenvalue weighted by Crippen LogP contribution is 2.39. The average molecular weight is 289 g/mol. The molecular formula is C19H31NO. The molecule has 1 aromatic carbocycles. The van der Waals surface area contributed by atoms with Crippen molar-refractivity contribution in [1.82, 2.24) is 5.32 Å². The Morgan fingerprint density at radius 3 is 2.48 bits per heavy atom. The molecule has 1 aliphatic carbocycles. The van der Waals surface area contributed by atoms with Gasteiger partial charge in [-0.3, -0.25) is 0 Å². The van der Waals surface area contributed by atoms with E-state index in [4.69, 9.17) is 4.74 Å². The van der Waals surface area contributed by atoms with Gasteiger partial charge in [-0.05, 0) is 68.7 Å². The van der Waals surface area contributed by atoms with Crippen LogP contribution in [0.4, 0.5) is 0 Å². The highest BCUT2D eigenvalue weighted by molar-refractivity contribution is 5.36. The standard InChI is InChI=1S/C19H31NO/c1-13-7-8-14(2)17(11-13)21-18-12-15(19(3,4)5)9-10-16(18)20-6/h7-8,11,15-16,18,20H,9-10,12H2,1-6H3. The summed E-state index contributed by atoms with van der Waals surface area (Å²) in [7, 11) is 2.06. The quantitative estimate of drug-likeness (QED) is 0.885. The summed E-state index contributed by atoms with van der Waals surface area (Å²) in [5, 5.41) is 3.46. The van der Waals surface area contributed by atoms with Gasteiger partial charge >= 0.3 is 0 Å². The topological polar surface area (TPSA) is 21.3 Å². The van der Waals surface area contributed by atoms with Crippen LogP contribution in [0, 0.1) is 25.2 Å². The Hall–Kier alpha value is -1.02. The Morgan fingerprint density at radius 2 is 1.86 bits per heavy atom. The molecular weight excluding hydrogens is 258 g/mol. The molecule has 0 bridgehead atoms. The first-order valence-electron chi connectivity index (χ1n) is 8.22. The summed E-state index contributed by atoms with van der Waals surface area (Å²) in [5.41, 5.74) is 2.86. The molecule has 1 fully saturated rings. The van der Waals surface area contributed by atoms with Crippen molar-refractivity contribution in [1.29, 1.82) is 0 Å². The van der Waals surface area contributed by atoms with Gasteiger partial charge in [0, 0.05) is 6.04 Å². The molecule has 0 amide bonds. The van der Waals surface area contributed by atoms with E-state index in [-0.39, 0.29) is 6.10 Å². The second-order valence-electron chi connectivity index (χ2n) is 7.70. The number of aryl methyl sites for hydroxylation is 2. The molecule has 1 aliphatic rings. The first-order chi connectivity index (χ1) is 9.81. The average Bonchev–Trinajstić information content (AvgIpc) is 2.42. The molecule has 3 atom stereocenters. The Balaban J connectivity index is 2.16. The second kappa shape index (κ2) is 6.39. The van der Waals surface area contributed by atoms with E-state index in [1.807, 2.05) is 0 Å². The summed E-state index contributed by atoms with van der Waals surface area (Å²) >= 11 is 0. The zero-order valence-electron chi connectivity index (χ0n) is 14.5. The van der Waals surface area contributed by atoms with Crippen LogP contribution in [0.2, 0.25) is 0 Å². The molecule has 2 rings (SSSR count). The monoisotopic (exact) mass is 289 g/mol. The Labute approximate surface area is 130 Å². The van der Waals surface area contributed by atoms with Crippen molar-refractivity contribution in [3.05, 3.63) is 29.3 Å². The summed E-state index contributed by atoms with van der Waals surface area (Å²) in [6, 6.07) is 6.94. The number of benzene rings is 1. The lowest BCUT2D eigenvalue weighted by atomic mass is 9.70. The third-order valence-electron chi connectivity index (χ3n) is 5.01. The number of hydrogen-bond donors (Lipinski definition) is 1. The van der Waals surface area contributed by atoms with Gasteiger partial charge in [-0.15, -0.1) is 0 Å². The van der Waals surface area contributed by atoms with Gasteiger partial charge in [0.05, 0.1) is 0 Å². The van der Waals surface area contributed by atoms with Crippen molar-refractivity contribution in [3.8, 4) is 5.75 Å². The summed E-state index contributed by atoms with van der Waals surface area (Å²) in [5.74, 6) is 1.78. The van der Waals surface area contributed by atoms with Gasteiger partial charge in [0.2, 0.25) is 0 Å². The number of nitrogens with one attached hydrogen (secondary N) is 1. The van der Waals surface area contributed by atoms with Crippen molar-refractivity contribution in [3.63, 3.8) is 0 Å². The van der Waals surface area contributed by atoms with Crippen LogP contribution in [0.1, 0.15) is 51.2 Å². The lowest BCUT2D eigenvalue weighted by Gasteiger charge is -2.41. The van der Waals surface area contributed by atoms with E-state index in [2.05, 4.69) is 65.2 Å². The molecule has 21 heavy (non-hydrogen) atoms. The van der Waals surface area contributed by atoms with Crippen LogP contribution in [0.15, 0.2) is 18.2 Å². The first kappa shape index (κ1) is 16.4. The molecule has 118 valence electrons. The number of rotatable bonds is 3. The largest absolute Gasteiger partial charge is 0.489 e. The molecule has 0 heterocycles. The fourth-order valence-electron chi connectivity index (χ4n) is 3.37. The van der Waals surface area contributed by atoms with E-state index in [9.17, 15) is 0 Å². The Morgan fingerprint density at radius 1 is 1.14 bits per heavy atom. The Kier molecular flexibility index (Phi) is 4.98. The molecule has 0 aliphatic heterocycles. The fraction of sp³-hybridized carbons (Fsp3) is 0.684. The summed E-state index contributed by atoms with van der Waals surface area (Å²) in [4.78, 5) is 0. The predicted octanol–water partition coefficient (Wildman–Crippen LogP) is 4.49. The van der Waals surface area contributed by atoms with Gasteiger partial charge in [0.1, 0.15) is 11.9 Å². The highest BCUT2D eigenvalue weighted by atomic mass is 16.5. The molecule has 1 saturated carbocycles. The van der Waals surface area contributed by atoms with E-state index in [1.165, 1.54) is 24.0 Å². The molecule has 0 aromatic heterocycles. The molecule has 2 heteroatoms. The molecule has 1 N–H and O–H groups in total. The highest BCUT2D eigenvalue weighted by Gasteiger charge is 2.36. The van der Waals surface area contributed by atoms with E-state index < -0.39 is 0 Å². The minimum atomic E-state index is 0.272. The maximum atomic E-state index is 6.43. The van der Waals surface area contributed by atoms with Crippen LogP contribution >= 0.6 is 0 Å². The van der Waals surface area contributed by atoms with Gasteiger partial charge in [-0.25, -0.2) is 0 Å². The molecule has 0 radical (unpaired) electrons. The Bertz CT molecular complexity index is 475.